The van der Waals surface area contributed by atoms with E-state index < -0.39 is 5.97 Å². The molecule has 0 saturated heterocycles. The number of methoxy groups -OCH3 is 1. The van der Waals surface area contributed by atoms with E-state index in [0.29, 0.717) is 12.5 Å². The van der Waals surface area contributed by atoms with E-state index in [1.165, 1.54) is 5.56 Å². The van der Waals surface area contributed by atoms with Crippen LogP contribution in [0.4, 0.5) is 5.69 Å². The van der Waals surface area contributed by atoms with Crippen LogP contribution < -0.4 is 10.1 Å². The zero-order valence-electron chi connectivity index (χ0n) is 10.5. The molecule has 0 heterocycles. The van der Waals surface area contributed by atoms with E-state index in [2.05, 4.69) is 19.2 Å². The summed E-state index contributed by atoms with van der Waals surface area (Å²) in [4.78, 5) is 10.4. The van der Waals surface area contributed by atoms with Crippen LogP contribution in [0, 0.1) is 0 Å². The Hall–Kier alpha value is -1.71. The molecule has 1 aromatic carbocycles. The fraction of sp³-hybridized carbons (Fsp3) is 0.462. The van der Waals surface area contributed by atoms with Gasteiger partial charge in [-0.2, -0.15) is 0 Å². The molecule has 17 heavy (non-hydrogen) atoms. The second-order valence-corrected chi connectivity index (χ2v) is 4.18. The molecule has 4 heteroatoms. The van der Waals surface area contributed by atoms with Gasteiger partial charge in [0.1, 0.15) is 5.75 Å². The molecular formula is C13H19NO3. The topological polar surface area (TPSA) is 58.6 Å². The Morgan fingerprint density at radius 3 is 2.71 bits per heavy atom. The largest absolute Gasteiger partial charge is 0.495 e. The normalized spacial score (nSPS) is 10.4. The Labute approximate surface area is 102 Å². The quantitative estimate of drug-likeness (QED) is 0.798. The molecule has 0 fully saturated rings. The third kappa shape index (κ3) is 3.98. The van der Waals surface area contributed by atoms with E-state index in [-0.39, 0.29) is 6.42 Å². The van der Waals surface area contributed by atoms with Gasteiger partial charge in [-0.05, 0) is 23.6 Å². The predicted octanol–water partition coefficient (Wildman–Crippen LogP) is 2.71. The number of nitrogens with one attached hydrogen (secondary N) is 1. The van der Waals surface area contributed by atoms with E-state index in [4.69, 9.17) is 9.84 Å². The number of hydrogen-bond acceptors (Lipinski definition) is 3. The molecule has 0 bridgehead atoms. The van der Waals surface area contributed by atoms with Crippen molar-refractivity contribution >= 4 is 11.7 Å². The Bertz CT molecular complexity index is 388. The van der Waals surface area contributed by atoms with Crippen molar-refractivity contribution in [3.8, 4) is 5.75 Å². The van der Waals surface area contributed by atoms with Gasteiger partial charge in [-0.15, -0.1) is 0 Å². The number of benzene rings is 1. The van der Waals surface area contributed by atoms with E-state index >= 15 is 0 Å². The maximum Gasteiger partial charge on any atom is 0.305 e. The highest BCUT2D eigenvalue weighted by Crippen LogP contribution is 2.28. The highest BCUT2D eigenvalue weighted by molar-refractivity contribution is 5.68. The monoisotopic (exact) mass is 237 g/mol. The van der Waals surface area contributed by atoms with Crippen molar-refractivity contribution in [1.29, 1.82) is 0 Å². The summed E-state index contributed by atoms with van der Waals surface area (Å²) in [6.45, 7) is 4.63. The third-order valence-corrected chi connectivity index (χ3v) is 2.55. The Kier molecular flexibility index (Phi) is 4.82. The van der Waals surface area contributed by atoms with Crippen molar-refractivity contribution < 1.29 is 14.6 Å². The highest BCUT2D eigenvalue weighted by atomic mass is 16.5. The molecule has 0 aromatic heterocycles. The minimum atomic E-state index is -0.810. The van der Waals surface area contributed by atoms with Gasteiger partial charge >= 0.3 is 5.97 Å². The first-order chi connectivity index (χ1) is 8.04. The smallest absolute Gasteiger partial charge is 0.305 e. The molecule has 0 radical (unpaired) electrons. The first kappa shape index (κ1) is 13.4. The number of ether oxygens (including phenoxy) is 1. The van der Waals surface area contributed by atoms with Crippen LogP contribution in [-0.2, 0) is 4.79 Å². The molecule has 0 saturated carbocycles. The lowest BCUT2D eigenvalue weighted by molar-refractivity contribution is -0.136. The maximum atomic E-state index is 10.4. The van der Waals surface area contributed by atoms with Crippen LogP contribution in [0.5, 0.6) is 5.75 Å². The van der Waals surface area contributed by atoms with Gasteiger partial charge in [-0.3, -0.25) is 4.79 Å². The second kappa shape index (κ2) is 6.13. The van der Waals surface area contributed by atoms with Gasteiger partial charge in [0, 0.05) is 6.54 Å². The molecular weight excluding hydrogens is 218 g/mol. The van der Waals surface area contributed by atoms with Crippen molar-refractivity contribution in [3.63, 3.8) is 0 Å². The SMILES string of the molecule is COc1cc(C(C)C)ccc1NCCC(=O)O. The lowest BCUT2D eigenvalue weighted by Crippen LogP contribution is -2.08. The number of carboxylic acid groups (broad SMARTS) is 1. The van der Waals surface area contributed by atoms with Crippen LogP contribution in [0.3, 0.4) is 0 Å². The van der Waals surface area contributed by atoms with Crippen LogP contribution in [0.15, 0.2) is 18.2 Å². The Morgan fingerprint density at radius 1 is 1.47 bits per heavy atom. The molecule has 1 aromatic rings. The summed E-state index contributed by atoms with van der Waals surface area (Å²) in [6.07, 6.45) is 0.0923. The Morgan fingerprint density at radius 2 is 2.18 bits per heavy atom. The van der Waals surface area contributed by atoms with Gasteiger partial charge in [0.05, 0.1) is 19.2 Å². The number of aliphatic carboxylic acids is 1. The van der Waals surface area contributed by atoms with Crippen LogP contribution in [0.2, 0.25) is 0 Å². The minimum absolute atomic E-state index is 0.0923. The van der Waals surface area contributed by atoms with Crippen molar-refractivity contribution in [2.45, 2.75) is 26.2 Å². The van der Waals surface area contributed by atoms with Crippen molar-refractivity contribution in [2.24, 2.45) is 0 Å². The number of hydrogen-bond donors (Lipinski definition) is 2. The van der Waals surface area contributed by atoms with Crippen molar-refractivity contribution in [2.75, 3.05) is 19.0 Å². The molecule has 0 aliphatic heterocycles. The molecule has 94 valence electrons. The minimum Gasteiger partial charge on any atom is -0.495 e. The zero-order chi connectivity index (χ0) is 12.8. The van der Waals surface area contributed by atoms with Gasteiger partial charge in [-0.1, -0.05) is 19.9 Å². The fourth-order valence-electron chi connectivity index (χ4n) is 1.52. The van der Waals surface area contributed by atoms with Gasteiger partial charge < -0.3 is 15.2 Å². The van der Waals surface area contributed by atoms with E-state index in [1.807, 2.05) is 18.2 Å². The average molecular weight is 237 g/mol. The summed E-state index contributed by atoms with van der Waals surface area (Å²) in [7, 11) is 1.61. The van der Waals surface area contributed by atoms with Gasteiger partial charge in [0.2, 0.25) is 0 Å². The van der Waals surface area contributed by atoms with Gasteiger partial charge in [0.15, 0.2) is 0 Å². The van der Waals surface area contributed by atoms with Crippen LogP contribution in [-0.4, -0.2) is 24.7 Å². The standard InChI is InChI=1S/C13H19NO3/c1-9(2)10-4-5-11(12(8-10)17-3)14-7-6-13(15)16/h4-5,8-9,14H,6-7H2,1-3H3,(H,15,16). The summed E-state index contributed by atoms with van der Waals surface area (Å²) in [5, 5.41) is 11.6. The van der Waals surface area contributed by atoms with Crippen molar-refractivity contribution in [3.05, 3.63) is 23.8 Å². The van der Waals surface area contributed by atoms with Gasteiger partial charge in [-0.25, -0.2) is 0 Å². The summed E-state index contributed by atoms with van der Waals surface area (Å²) in [6, 6.07) is 5.93. The molecule has 2 N–H and O–H groups in total. The molecule has 0 amide bonds. The molecule has 0 aliphatic rings. The van der Waals surface area contributed by atoms with E-state index in [9.17, 15) is 4.79 Å². The summed E-state index contributed by atoms with van der Waals surface area (Å²) < 4.78 is 5.28. The molecule has 4 nitrogen and oxygen atoms in total. The van der Waals surface area contributed by atoms with Gasteiger partial charge in [0.25, 0.3) is 0 Å². The van der Waals surface area contributed by atoms with Crippen LogP contribution in [0.25, 0.3) is 0 Å². The van der Waals surface area contributed by atoms with E-state index in [0.717, 1.165) is 11.4 Å². The second-order valence-electron chi connectivity index (χ2n) is 4.18. The number of rotatable bonds is 6. The number of carbonyl (C=O) groups is 1. The highest BCUT2D eigenvalue weighted by Gasteiger charge is 2.07. The molecule has 0 unspecified atom stereocenters. The van der Waals surface area contributed by atoms with Crippen LogP contribution >= 0.6 is 0 Å². The average Bonchev–Trinajstić information content (AvgIpc) is 2.28. The number of anilines is 1. The summed E-state index contributed by atoms with van der Waals surface area (Å²) >= 11 is 0. The predicted molar refractivity (Wildman–Crippen MR) is 67.8 cm³/mol. The maximum absolute atomic E-state index is 10.4. The molecule has 0 aliphatic carbocycles. The molecule has 0 atom stereocenters. The lowest BCUT2D eigenvalue weighted by Gasteiger charge is -2.13. The molecule has 1 rings (SSSR count). The molecule has 0 spiro atoms. The fourth-order valence-corrected chi connectivity index (χ4v) is 1.52. The number of carboxylic acids is 1. The first-order valence-corrected chi connectivity index (χ1v) is 5.68. The third-order valence-electron chi connectivity index (χ3n) is 2.55. The van der Waals surface area contributed by atoms with E-state index in [1.54, 1.807) is 7.11 Å². The van der Waals surface area contributed by atoms with Crippen LogP contribution in [0.1, 0.15) is 31.7 Å². The Balaban J connectivity index is 2.74. The van der Waals surface area contributed by atoms with Crippen molar-refractivity contribution in [1.82, 2.24) is 0 Å². The summed E-state index contributed by atoms with van der Waals surface area (Å²) in [5.41, 5.74) is 2.03. The lowest BCUT2D eigenvalue weighted by atomic mass is 10.0. The zero-order valence-corrected chi connectivity index (χ0v) is 10.5. The summed E-state index contributed by atoms with van der Waals surface area (Å²) in [5.74, 6) is 0.383. The first-order valence-electron chi connectivity index (χ1n) is 5.68.